The van der Waals surface area contributed by atoms with E-state index in [1.165, 1.54) is 18.6 Å². The van der Waals surface area contributed by atoms with Crippen molar-refractivity contribution in [2.75, 3.05) is 5.75 Å². The summed E-state index contributed by atoms with van der Waals surface area (Å²) < 4.78 is 1.99. The zero-order chi connectivity index (χ0) is 10.1. The highest BCUT2D eigenvalue weighted by atomic mass is 32.2. The number of aromatic nitrogens is 3. The Morgan fingerprint density at radius 3 is 2.86 bits per heavy atom. The molecule has 0 aliphatic carbocycles. The number of nitrogens with zero attached hydrogens (tertiary/aromatic N) is 3. The van der Waals surface area contributed by atoms with E-state index in [0.29, 0.717) is 5.25 Å². The number of nitrogens with two attached hydrogens (primary N) is 1. The van der Waals surface area contributed by atoms with E-state index in [0.717, 1.165) is 11.6 Å². The second-order valence-corrected chi connectivity index (χ2v) is 5.09. The van der Waals surface area contributed by atoms with Crippen LogP contribution in [0.2, 0.25) is 0 Å². The first-order valence-corrected chi connectivity index (χ1v) is 5.98. The van der Waals surface area contributed by atoms with Crippen LogP contribution in [0.3, 0.4) is 0 Å². The van der Waals surface area contributed by atoms with Gasteiger partial charge in [0.15, 0.2) is 5.82 Å². The van der Waals surface area contributed by atoms with Crippen molar-refractivity contribution in [3.63, 3.8) is 0 Å². The van der Waals surface area contributed by atoms with Gasteiger partial charge in [0, 0.05) is 12.3 Å². The van der Waals surface area contributed by atoms with E-state index in [2.05, 4.69) is 10.2 Å². The number of hydrogen-bond acceptors (Lipinski definition) is 4. The lowest BCUT2D eigenvalue weighted by atomic mass is 10.1. The van der Waals surface area contributed by atoms with Gasteiger partial charge in [-0.2, -0.15) is 11.8 Å². The standard InChI is InChI=1S/C9H16N4S/c1-6-11-12-9(13(6)2)8(10)7-4-3-5-14-7/h7-8H,3-5,10H2,1-2H3. The highest BCUT2D eigenvalue weighted by molar-refractivity contribution is 8.00. The summed E-state index contributed by atoms with van der Waals surface area (Å²) in [5.74, 6) is 3.08. The highest BCUT2D eigenvalue weighted by Crippen LogP contribution is 2.33. The SMILES string of the molecule is Cc1nnc(C(N)C2CCCS2)n1C. The molecule has 2 atom stereocenters. The van der Waals surface area contributed by atoms with Crippen LogP contribution in [0, 0.1) is 6.92 Å². The van der Waals surface area contributed by atoms with E-state index in [1.807, 2.05) is 30.3 Å². The lowest BCUT2D eigenvalue weighted by Gasteiger charge is -2.16. The zero-order valence-corrected chi connectivity index (χ0v) is 9.42. The maximum atomic E-state index is 6.17. The Balaban J connectivity index is 2.17. The van der Waals surface area contributed by atoms with Gasteiger partial charge in [0.05, 0.1) is 6.04 Å². The summed E-state index contributed by atoms with van der Waals surface area (Å²) in [4.78, 5) is 0. The number of hydrogen-bond donors (Lipinski definition) is 1. The lowest BCUT2D eigenvalue weighted by molar-refractivity contribution is 0.584. The van der Waals surface area contributed by atoms with Gasteiger partial charge in [-0.05, 0) is 25.5 Å². The molecule has 1 aromatic heterocycles. The minimum Gasteiger partial charge on any atom is -0.320 e. The normalized spacial score (nSPS) is 24.1. The molecule has 2 unspecified atom stereocenters. The third-order valence-corrected chi connectivity index (χ3v) is 4.27. The molecule has 0 radical (unpaired) electrons. The van der Waals surface area contributed by atoms with Crippen LogP contribution < -0.4 is 5.73 Å². The molecule has 4 nitrogen and oxygen atoms in total. The first kappa shape index (κ1) is 9.98. The molecule has 1 aromatic rings. The van der Waals surface area contributed by atoms with Crippen LogP contribution in [0.4, 0.5) is 0 Å². The van der Waals surface area contributed by atoms with Crippen molar-refractivity contribution in [1.82, 2.24) is 14.8 Å². The molecule has 2 rings (SSSR count). The van der Waals surface area contributed by atoms with E-state index >= 15 is 0 Å². The molecule has 14 heavy (non-hydrogen) atoms. The van der Waals surface area contributed by atoms with Gasteiger partial charge >= 0.3 is 0 Å². The summed E-state index contributed by atoms with van der Waals surface area (Å²) in [6.45, 7) is 1.95. The van der Waals surface area contributed by atoms with Crippen molar-refractivity contribution < 1.29 is 0 Å². The van der Waals surface area contributed by atoms with Gasteiger partial charge in [-0.25, -0.2) is 0 Å². The maximum absolute atomic E-state index is 6.17. The first-order valence-electron chi connectivity index (χ1n) is 4.93. The van der Waals surface area contributed by atoms with E-state index < -0.39 is 0 Å². The van der Waals surface area contributed by atoms with Gasteiger partial charge in [0.25, 0.3) is 0 Å². The summed E-state index contributed by atoms with van der Waals surface area (Å²) in [6.07, 6.45) is 2.48. The Hall–Kier alpha value is -0.550. The Kier molecular flexibility index (Phi) is 2.78. The molecule has 1 aliphatic rings. The molecule has 0 aromatic carbocycles. The molecular formula is C9H16N4S. The molecule has 2 heterocycles. The highest BCUT2D eigenvalue weighted by Gasteiger charge is 2.27. The van der Waals surface area contributed by atoms with Crippen LogP contribution in [0.25, 0.3) is 0 Å². The third-order valence-electron chi connectivity index (χ3n) is 2.79. The molecule has 78 valence electrons. The average molecular weight is 212 g/mol. The molecule has 5 heteroatoms. The summed E-state index contributed by atoms with van der Waals surface area (Å²) in [5.41, 5.74) is 6.17. The summed E-state index contributed by atoms with van der Waals surface area (Å²) in [6, 6.07) is 0.0358. The predicted octanol–water partition coefficient (Wildman–Crippen LogP) is 1.02. The van der Waals surface area contributed by atoms with Crippen molar-refractivity contribution in [1.29, 1.82) is 0 Å². The second kappa shape index (κ2) is 3.90. The first-order chi connectivity index (χ1) is 6.70. The minimum absolute atomic E-state index is 0.0358. The Bertz CT molecular complexity index is 317. The van der Waals surface area contributed by atoms with Crippen LogP contribution >= 0.6 is 11.8 Å². The number of thioether (sulfide) groups is 1. The maximum Gasteiger partial charge on any atom is 0.150 e. The van der Waals surface area contributed by atoms with Crippen molar-refractivity contribution in [2.24, 2.45) is 12.8 Å². The molecule has 1 aliphatic heterocycles. The van der Waals surface area contributed by atoms with Crippen LogP contribution in [0.5, 0.6) is 0 Å². The second-order valence-electron chi connectivity index (χ2n) is 3.74. The predicted molar refractivity (Wildman–Crippen MR) is 58.1 cm³/mol. The van der Waals surface area contributed by atoms with Gasteiger partial charge < -0.3 is 10.3 Å². The monoisotopic (exact) mass is 212 g/mol. The largest absolute Gasteiger partial charge is 0.320 e. The van der Waals surface area contributed by atoms with E-state index in [9.17, 15) is 0 Å². The molecule has 0 spiro atoms. The van der Waals surface area contributed by atoms with E-state index in [-0.39, 0.29) is 6.04 Å². The quantitative estimate of drug-likeness (QED) is 0.795. The summed E-state index contributed by atoms with van der Waals surface area (Å²) in [7, 11) is 1.98. The molecule has 0 amide bonds. The molecule has 1 saturated heterocycles. The third kappa shape index (κ3) is 1.66. The fraction of sp³-hybridized carbons (Fsp3) is 0.778. The fourth-order valence-electron chi connectivity index (χ4n) is 1.77. The Morgan fingerprint density at radius 2 is 2.36 bits per heavy atom. The van der Waals surface area contributed by atoms with E-state index in [4.69, 9.17) is 5.73 Å². The molecule has 0 saturated carbocycles. The number of aryl methyl sites for hydroxylation is 1. The summed E-state index contributed by atoms with van der Waals surface area (Å²) in [5, 5.41) is 8.69. The minimum atomic E-state index is 0.0358. The van der Waals surface area contributed by atoms with Crippen molar-refractivity contribution in [3.8, 4) is 0 Å². The number of rotatable bonds is 2. The molecule has 1 fully saturated rings. The van der Waals surface area contributed by atoms with Crippen molar-refractivity contribution in [3.05, 3.63) is 11.6 Å². The Labute approximate surface area is 88.3 Å². The van der Waals surface area contributed by atoms with Crippen molar-refractivity contribution in [2.45, 2.75) is 31.1 Å². The van der Waals surface area contributed by atoms with Gasteiger partial charge in [-0.15, -0.1) is 10.2 Å². The topological polar surface area (TPSA) is 56.7 Å². The average Bonchev–Trinajstić information content (AvgIpc) is 2.77. The van der Waals surface area contributed by atoms with Crippen LogP contribution in [-0.2, 0) is 7.05 Å². The lowest BCUT2D eigenvalue weighted by Crippen LogP contribution is -2.25. The molecule has 0 bridgehead atoms. The van der Waals surface area contributed by atoms with E-state index in [1.54, 1.807) is 0 Å². The molecular weight excluding hydrogens is 196 g/mol. The van der Waals surface area contributed by atoms with Crippen LogP contribution in [0.1, 0.15) is 30.5 Å². The van der Waals surface area contributed by atoms with Crippen molar-refractivity contribution >= 4 is 11.8 Å². The van der Waals surface area contributed by atoms with Crippen LogP contribution in [0.15, 0.2) is 0 Å². The van der Waals surface area contributed by atoms with Gasteiger partial charge in [0.1, 0.15) is 5.82 Å². The Morgan fingerprint density at radius 1 is 1.57 bits per heavy atom. The summed E-state index contributed by atoms with van der Waals surface area (Å²) >= 11 is 1.96. The van der Waals surface area contributed by atoms with Gasteiger partial charge in [-0.1, -0.05) is 0 Å². The smallest absolute Gasteiger partial charge is 0.150 e. The van der Waals surface area contributed by atoms with Crippen LogP contribution in [-0.4, -0.2) is 25.8 Å². The van der Waals surface area contributed by atoms with Gasteiger partial charge in [0.2, 0.25) is 0 Å². The fourth-order valence-corrected chi connectivity index (χ4v) is 3.06. The molecule has 2 N–H and O–H groups in total. The zero-order valence-electron chi connectivity index (χ0n) is 8.60. The van der Waals surface area contributed by atoms with Gasteiger partial charge in [-0.3, -0.25) is 0 Å².